The summed E-state index contributed by atoms with van der Waals surface area (Å²) in [5.41, 5.74) is 5.82. The third-order valence-electron chi connectivity index (χ3n) is 2.95. The van der Waals surface area contributed by atoms with Gasteiger partial charge in [0.15, 0.2) is 0 Å². The molecule has 2 unspecified atom stereocenters. The second-order valence-corrected chi connectivity index (χ2v) is 5.46. The highest BCUT2D eigenvalue weighted by Crippen LogP contribution is 2.29. The minimum Gasteiger partial charge on any atom is -0.392 e. The fourth-order valence-corrected chi connectivity index (χ4v) is 3.15. The van der Waals surface area contributed by atoms with E-state index in [2.05, 4.69) is 24.0 Å². The van der Waals surface area contributed by atoms with E-state index in [0.717, 1.165) is 19.5 Å². The van der Waals surface area contributed by atoms with Crippen molar-refractivity contribution in [2.45, 2.75) is 25.5 Å². The van der Waals surface area contributed by atoms with E-state index in [9.17, 15) is 5.11 Å². The van der Waals surface area contributed by atoms with Gasteiger partial charge in [-0.15, -0.1) is 11.3 Å². The van der Waals surface area contributed by atoms with Gasteiger partial charge in [-0.05, 0) is 25.5 Å². The van der Waals surface area contributed by atoms with Crippen molar-refractivity contribution in [2.75, 3.05) is 19.6 Å². The Labute approximate surface area is 94.5 Å². The van der Waals surface area contributed by atoms with Crippen LogP contribution in [0.4, 0.5) is 0 Å². The minimum absolute atomic E-state index is 0.167. The Morgan fingerprint density at radius 3 is 2.93 bits per heavy atom. The van der Waals surface area contributed by atoms with Crippen LogP contribution in [0.15, 0.2) is 12.1 Å². The molecule has 0 radical (unpaired) electrons. The average Bonchev–Trinajstić information content (AvgIpc) is 2.78. The number of rotatable bonds is 3. The van der Waals surface area contributed by atoms with Crippen LogP contribution >= 0.6 is 11.3 Å². The number of hydrogen-bond donors (Lipinski definition) is 2. The summed E-state index contributed by atoms with van der Waals surface area (Å²) in [5, 5.41) is 9.52. The summed E-state index contributed by atoms with van der Waals surface area (Å²) in [6, 6.07) is 4.58. The zero-order valence-electron chi connectivity index (χ0n) is 9.02. The van der Waals surface area contributed by atoms with Gasteiger partial charge >= 0.3 is 0 Å². The molecule has 1 aliphatic rings. The smallest absolute Gasteiger partial charge is 0.0679 e. The Bertz CT molecular complexity index is 326. The van der Waals surface area contributed by atoms with Crippen LogP contribution in [0.3, 0.4) is 0 Å². The third-order valence-corrected chi connectivity index (χ3v) is 4.05. The first-order valence-electron chi connectivity index (χ1n) is 5.39. The number of β-amino-alcohol motifs (C(OH)–C–C–N with tert-alkyl or cyclic N) is 1. The number of thiophene rings is 1. The van der Waals surface area contributed by atoms with Gasteiger partial charge in [0.25, 0.3) is 0 Å². The number of hydrogen-bond acceptors (Lipinski definition) is 4. The maximum atomic E-state index is 9.52. The highest BCUT2D eigenvalue weighted by molar-refractivity contribution is 7.12. The molecule has 84 valence electrons. The second-order valence-electron chi connectivity index (χ2n) is 4.14. The lowest BCUT2D eigenvalue weighted by molar-refractivity contribution is 0.161. The summed E-state index contributed by atoms with van der Waals surface area (Å²) >= 11 is 1.81. The quantitative estimate of drug-likeness (QED) is 0.812. The molecule has 4 heteroatoms. The number of aliphatic hydroxyl groups excluding tert-OH is 1. The molecule has 2 rings (SSSR count). The van der Waals surface area contributed by atoms with E-state index in [4.69, 9.17) is 5.73 Å². The van der Waals surface area contributed by atoms with Crippen LogP contribution in [0.5, 0.6) is 0 Å². The maximum absolute atomic E-state index is 9.52. The molecule has 0 saturated carbocycles. The van der Waals surface area contributed by atoms with Crippen molar-refractivity contribution in [3.63, 3.8) is 0 Å². The molecule has 1 fully saturated rings. The molecule has 1 aromatic heterocycles. The highest BCUT2D eigenvalue weighted by Gasteiger charge is 2.27. The van der Waals surface area contributed by atoms with E-state index in [1.807, 2.05) is 0 Å². The first-order chi connectivity index (χ1) is 7.20. The first-order valence-corrected chi connectivity index (χ1v) is 6.21. The molecule has 15 heavy (non-hydrogen) atoms. The topological polar surface area (TPSA) is 49.5 Å². The number of likely N-dealkylation sites (tertiary alicyclic amines) is 1. The lowest BCUT2D eigenvalue weighted by Crippen LogP contribution is -2.32. The molecule has 0 spiro atoms. The molecular formula is C11H18N2OS. The van der Waals surface area contributed by atoms with Crippen LogP contribution in [0.25, 0.3) is 0 Å². The molecule has 2 heterocycles. The molecule has 1 aliphatic heterocycles. The van der Waals surface area contributed by atoms with Crippen molar-refractivity contribution >= 4 is 11.3 Å². The zero-order valence-corrected chi connectivity index (χ0v) is 9.83. The summed E-state index contributed by atoms with van der Waals surface area (Å²) in [6.07, 6.45) is 0.709. The molecule has 1 saturated heterocycles. The molecule has 3 N–H and O–H groups in total. The molecule has 0 aliphatic carbocycles. The zero-order chi connectivity index (χ0) is 10.8. The Morgan fingerprint density at radius 2 is 2.47 bits per heavy atom. The lowest BCUT2D eigenvalue weighted by Gasteiger charge is -2.25. The van der Waals surface area contributed by atoms with Crippen molar-refractivity contribution in [1.82, 2.24) is 4.90 Å². The maximum Gasteiger partial charge on any atom is 0.0679 e. The van der Waals surface area contributed by atoms with E-state index in [-0.39, 0.29) is 6.10 Å². The Kier molecular flexibility index (Phi) is 3.41. The number of nitrogens with two attached hydrogens (primary N) is 1. The van der Waals surface area contributed by atoms with Crippen LogP contribution in [0, 0.1) is 6.92 Å². The van der Waals surface area contributed by atoms with Crippen molar-refractivity contribution in [1.29, 1.82) is 0 Å². The van der Waals surface area contributed by atoms with Crippen LogP contribution in [-0.4, -0.2) is 35.7 Å². The molecular weight excluding hydrogens is 208 g/mol. The molecule has 0 aromatic carbocycles. The van der Waals surface area contributed by atoms with Gasteiger partial charge in [0, 0.05) is 29.4 Å². The summed E-state index contributed by atoms with van der Waals surface area (Å²) in [7, 11) is 0. The standard InChI is InChI=1S/C11H18N2OS/c1-8-2-3-11(15-8)10(6-12)13-5-4-9(14)7-13/h2-3,9-10,14H,4-7,12H2,1H3. The van der Waals surface area contributed by atoms with Crippen LogP contribution in [-0.2, 0) is 0 Å². The van der Waals surface area contributed by atoms with Gasteiger partial charge in [-0.1, -0.05) is 0 Å². The lowest BCUT2D eigenvalue weighted by atomic mass is 10.2. The molecule has 3 nitrogen and oxygen atoms in total. The normalized spacial score (nSPS) is 24.6. The van der Waals surface area contributed by atoms with E-state index in [0.29, 0.717) is 12.6 Å². The molecule has 2 atom stereocenters. The van der Waals surface area contributed by atoms with Gasteiger partial charge in [-0.25, -0.2) is 0 Å². The first kappa shape index (κ1) is 11.1. The van der Waals surface area contributed by atoms with E-state index < -0.39 is 0 Å². The van der Waals surface area contributed by atoms with Crippen molar-refractivity contribution < 1.29 is 5.11 Å². The fraction of sp³-hybridized carbons (Fsp3) is 0.636. The van der Waals surface area contributed by atoms with Crippen molar-refractivity contribution in [3.05, 3.63) is 21.9 Å². The van der Waals surface area contributed by atoms with Gasteiger partial charge < -0.3 is 10.8 Å². The number of aryl methyl sites for hydroxylation is 1. The predicted octanol–water partition coefficient (Wildman–Crippen LogP) is 1.12. The number of nitrogens with zero attached hydrogens (tertiary/aromatic N) is 1. The van der Waals surface area contributed by atoms with Gasteiger partial charge in [0.1, 0.15) is 0 Å². The SMILES string of the molecule is Cc1ccc(C(CN)N2CCC(O)C2)s1. The molecule has 1 aromatic rings. The fourth-order valence-electron chi connectivity index (χ4n) is 2.13. The Balaban J connectivity index is 2.10. The van der Waals surface area contributed by atoms with Crippen LogP contribution in [0.2, 0.25) is 0 Å². The summed E-state index contributed by atoms with van der Waals surface area (Å²) in [6.45, 7) is 4.46. The Hall–Kier alpha value is -0.420. The molecule has 0 bridgehead atoms. The van der Waals surface area contributed by atoms with Crippen LogP contribution in [0.1, 0.15) is 22.2 Å². The summed E-state index contributed by atoms with van der Waals surface area (Å²) in [4.78, 5) is 4.93. The largest absolute Gasteiger partial charge is 0.392 e. The van der Waals surface area contributed by atoms with Crippen LogP contribution < -0.4 is 5.73 Å². The Morgan fingerprint density at radius 1 is 1.67 bits per heavy atom. The van der Waals surface area contributed by atoms with Gasteiger partial charge in [-0.2, -0.15) is 0 Å². The third kappa shape index (κ3) is 2.39. The van der Waals surface area contributed by atoms with Gasteiger partial charge in [0.2, 0.25) is 0 Å². The number of aliphatic hydroxyl groups is 1. The highest BCUT2D eigenvalue weighted by atomic mass is 32.1. The van der Waals surface area contributed by atoms with Crippen molar-refractivity contribution in [2.24, 2.45) is 5.73 Å². The van der Waals surface area contributed by atoms with E-state index in [1.54, 1.807) is 11.3 Å². The summed E-state index contributed by atoms with van der Waals surface area (Å²) in [5.74, 6) is 0. The average molecular weight is 226 g/mol. The minimum atomic E-state index is -0.167. The van der Waals surface area contributed by atoms with E-state index in [1.165, 1.54) is 9.75 Å². The molecule has 0 amide bonds. The van der Waals surface area contributed by atoms with Gasteiger partial charge in [0.05, 0.1) is 12.1 Å². The monoisotopic (exact) mass is 226 g/mol. The second kappa shape index (κ2) is 4.61. The predicted molar refractivity (Wildman–Crippen MR) is 63.0 cm³/mol. The van der Waals surface area contributed by atoms with Gasteiger partial charge in [-0.3, -0.25) is 4.90 Å². The summed E-state index contributed by atoms with van der Waals surface area (Å²) < 4.78 is 0. The van der Waals surface area contributed by atoms with Crippen molar-refractivity contribution in [3.8, 4) is 0 Å². The van der Waals surface area contributed by atoms with E-state index >= 15 is 0 Å².